The Labute approximate surface area is 75.7 Å². The minimum Gasteiger partial charge on any atom is -0.408 e. The molecule has 0 aliphatic carbocycles. The van der Waals surface area contributed by atoms with E-state index in [2.05, 4.69) is 20.8 Å². The summed E-state index contributed by atoms with van der Waals surface area (Å²) < 4.78 is 5.13. The number of carbonyl (C=O) groups excluding carboxylic acids is 1. The standard InChI is InChI=1S/C7H12N4O2/c1-5(12)9-4-3-6-10-11-7(8-2)13-6/h3-4H2,1-2H3,(H,8,11)(H,9,12). The normalized spacial score (nSPS) is 9.69. The minimum absolute atomic E-state index is 0.0617. The number of carbonyl (C=O) groups is 1. The summed E-state index contributed by atoms with van der Waals surface area (Å²) in [6.07, 6.45) is 0.550. The van der Waals surface area contributed by atoms with Gasteiger partial charge in [0.1, 0.15) is 0 Å². The molecule has 0 aromatic carbocycles. The summed E-state index contributed by atoms with van der Waals surface area (Å²) in [5, 5.41) is 12.8. The second-order valence-electron chi connectivity index (χ2n) is 2.48. The van der Waals surface area contributed by atoms with E-state index in [1.54, 1.807) is 7.05 Å². The van der Waals surface area contributed by atoms with Crippen molar-refractivity contribution in [1.82, 2.24) is 15.5 Å². The van der Waals surface area contributed by atoms with Crippen LogP contribution in [0.1, 0.15) is 12.8 Å². The van der Waals surface area contributed by atoms with Gasteiger partial charge in [0, 0.05) is 26.9 Å². The van der Waals surface area contributed by atoms with Gasteiger partial charge in [-0.05, 0) is 0 Å². The highest BCUT2D eigenvalue weighted by Crippen LogP contribution is 2.03. The van der Waals surface area contributed by atoms with Crippen LogP contribution in [0.15, 0.2) is 4.42 Å². The van der Waals surface area contributed by atoms with E-state index in [1.807, 2.05) is 0 Å². The molecule has 13 heavy (non-hydrogen) atoms. The van der Waals surface area contributed by atoms with Gasteiger partial charge in [-0.1, -0.05) is 5.10 Å². The van der Waals surface area contributed by atoms with Crippen LogP contribution in [-0.2, 0) is 11.2 Å². The fourth-order valence-corrected chi connectivity index (χ4v) is 0.801. The summed E-state index contributed by atoms with van der Waals surface area (Å²) >= 11 is 0. The molecule has 6 heteroatoms. The van der Waals surface area contributed by atoms with Crippen molar-refractivity contribution >= 4 is 11.9 Å². The Morgan fingerprint density at radius 2 is 2.31 bits per heavy atom. The fraction of sp³-hybridized carbons (Fsp3) is 0.571. The zero-order valence-electron chi connectivity index (χ0n) is 7.63. The summed E-state index contributed by atoms with van der Waals surface area (Å²) in [6.45, 7) is 1.98. The van der Waals surface area contributed by atoms with E-state index in [1.165, 1.54) is 6.92 Å². The highest BCUT2D eigenvalue weighted by Gasteiger charge is 2.03. The zero-order valence-corrected chi connectivity index (χ0v) is 7.63. The van der Waals surface area contributed by atoms with Gasteiger partial charge in [-0.3, -0.25) is 4.79 Å². The van der Waals surface area contributed by atoms with Gasteiger partial charge < -0.3 is 15.1 Å². The SMILES string of the molecule is CNc1nnc(CCNC(C)=O)o1. The second-order valence-corrected chi connectivity index (χ2v) is 2.48. The van der Waals surface area contributed by atoms with E-state index in [0.717, 1.165) is 0 Å². The van der Waals surface area contributed by atoms with Gasteiger partial charge in [-0.15, -0.1) is 5.10 Å². The summed E-state index contributed by atoms with van der Waals surface area (Å²) in [4.78, 5) is 10.5. The van der Waals surface area contributed by atoms with Crippen LogP contribution in [0.25, 0.3) is 0 Å². The third-order valence-electron chi connectivity index (χ3n) is 1.39. The molecule has 0 saturated heterocycles. The van der Waals surface area contributed by atoms with Crippen molar-refractivity contribution < 1.29 is 9.21 Å². The first-order chi connectivity index (χ1) is 6.22. The number of hydrogen-bond donors (Lipinski definition) is 2. The van der Waals surface area contributed by atoms with Crippen molar-refractivity contribution in [1.29, 1.82) is 0 Å². The Kier molecular flexibility index (Phi) is 3.24. The van der Waals surface area contributed by atoms with Crippen molar-refractivity contribution in [3.05, 3.63) is 5.89 Å². The lowest BCUT2D eigenvalue weighted by Gasteiger charge is -1.96. The number of anilines is 1. The van der Waals surface area contributed by atoms with Crippen LogP contribution in [-0.4, -0.2) is 29.7 Å². The second kappa shape index (κ2) is 4.44. The molecule has 1 rings (SSSR count). The van der Waals surface area contributed by atoms with E-state index in [-0.39, 0.29) is 5.91 Å². The third kappa shape index (κ3) is 3.10. The molecule has 0 bridgehead atoms. The van der Waals surface area contributed by atoms with E-state index in [0.29, 0.717) is 24.9 Å². The molecule has 72 valence electrons. The minimum atomic E-state index is -0.0617. The smallest absolute Gasteiger partial charge is 0.315 e. The Morgan fingerprint density at radius 1 is 1.54 bits per heavy atom. The van der Waals surface area contributed by atoms with Gasteiger partial charge in [0.2, 0.25) is 11.8 Å². The fourth-order valence-electron chi connectivity index (χ4n) is 0.801. The molecule has 0 atom stereocenters. The van der Waals surface area contributed by atoms with Crippen LogP contribution in [0, 0.1) is 0 Å². The molecular weight excluding hydrogens is 172 g/mol. The average Bonchev–Trinajstić information content (AvgIpc) is 2.52. The van der Waals surface area contributed by atoms with Crippen LogP contribution in [0.2, 0.25) is 0 Å². The molecule has 1 aromatic rings. The highest BCUT2D eigenvalue weighted by molar-refractivity contribution is 5.72. The molecule has 0 radical (unpaired) electrons. The van der Waals surface area contributed by atoms with Crippen LogP contribution in [0.4, 0.5) is 6.01 Å². The van der Waals surface area contributed by atoms with Crippen molar-refractivity contribution in [2.45, 2.75) is 13.3 Å². The van der Waals surface area contributed by atoms with Crippen molar-refractivity contribution in [2.75, 3.05) is 18.9 Å². The predicted octanol–water partition coefficient (Wildman–Crippen LogP) is -0.210. The number of aromatic nitrogens is 2. The average molecular weight is 184 g/mol. The molecule has 0 spiro atoms. The van der Waals surface area contributed by atoms with Crippen LogP contribution in [0.3, 0.4) is 0 Å². The third-order valence-corrected chi connectivity index (χ3v) is 1.39. The highest BCUT2D eigenvalue weighted by atomic mass is 16.4. The molecule has 0 aliphatic rings. The molecule has 0 saturated carbocycles. The lowest BCUT2D eigenvalue weighted by atomic mass is 10.4. The topological polar surface area (TPSA) is 80.0 Å². The van der Waals surface area contributed by atoms with Crippen molar-refractivity contribution in [3.63, 3.8) is 0 Å². The van der Waals surface area contributed by atoms with Gasteiger partial charge in [0.15, 0.2) is 0 Å². The summed E-state index contributed by atoms with van der Waals surface area (Å²) in [6, 6.07) is 0.387. The summed E-state index contributed by atoms with van der Waals surface area (Å²) in [7, 11) is 1.70. The molecule has 0 unspecified atom stereocenters. The molecule has 0 fully saturated rings. The largest absolute Gasteiger partial charge is 0.408 e. The van der Waals surface area contributed by atoms with E-state index in [4.69, 9.17) is 4.42 Å². The van der Waals surface area contributed by atoms with Crippen LogP contribution >= 0.6 is 0 Å². The monoisotopic (exact) mass is 184 g/mol. The maximum atomic E-state index is 10.5. The van der Waals surface area contributed by atoms with E-state index < -0.39 is 0 Å². The van der Waals surface area contributed by atoms with Gasteiger partial charge >= 0.3 is 6.01 Å². The van der Waals surface area contributed by atoms with Crippen LogP contribution < -0.4 is 10.6 Å². The first-order valence-electron chi connectivity index (χ1n) is 3.97. The number of nitrogens with one attached hydrogen (secondary N) is 2. The number of amides is 1. The number of nitrogens with zero attached hydrogens (tertiary/aromatic N) is 2. The van der Waals surface area contributed by atoms with E-state index >= 15 is 0 Å². The predicted molar refractivity (Wildman–Crippen MR) is 46.2 cm³/mol. The Morgan fingerprint density at radius 3 is 2.85 bits per heavy atom. The molecule has 1 heterocycles. The van der Waals surface area contributed by atoms with Gasteiger partial charge in [-0.25, -0.2) is 0 Å². The molecule has 1 aromatic heterocycles. The van der Waals surface area contributed by atoms with Crippen molar-refractivity contribution in [2.24, 2.45) is 0 Å². The van der Waals surface area contributed by atoms with E-state index in [9.17, 15) is 4.79 Å². The molecule has 2 N–H and O–H groups in total. The summed E-state index contributed by atoms with van der Waals surface area (Å²) in [5.74, 6) is 0.450. The Bertz CT molecular complexity index is 284. The Hall–Kier alpha value is -1.59. The lowest BCUT2D eigenvalue weighted by Crippen LogP contribution is -2.22. The lowest BCUT2D eigenvalue weighted by molar-refractivity contribution is -0.118. The van der Waals surface area contributed by atoms with Crippen LogP contribution in [0.5, 0.6) is 0 Å². The molecular formula is C7H12N4O2. The molecule has 1 amide bonds. The van der Waals surface area contributed by atoms with Gasteiger partial charge in [-0.2, -0.15) is 0 Å². The quantitative estimate of drug-likeness (QED) is 0.676. The first kappa shape index (κ1) is 9.50. The number of rotatable bonds is 4. The molecule has 6 nitrogen and oxygen atoms in total. The Balaban J connectivity index is 2.32. The summed E-state index contributed by atoms with van der Waals surface area (Å²) in [5.41, 5.74) is 0. The number of hydrogen-bond acceptors (Lipinski definition) is 5. The maximum Gasteiger partial charge on any atom is 0.315 e. The van der Waals surface area contributed by atoms with Gasteiger partial charge in [0.05, 0.1) is 0 Å². The first-order valence-corrected chi connectivity index (χ1v) is 3.97. The molecule has 0 aliphatic heterocycles. The maximum absolute atomic E-state index is 10.5. The van der Waals surface area contributed by atoms with Crippen molar-refractivity contribution in [3.8, 4) is 0 Å². The van der Waals surface area contributed by atoms with Gasteiger partial charge in [0.25, 0.3) is 0 Å². The zero-order chi connectivity index (χ0) is 9.68.